The topological polar surface area (TPSA) is 83.6 Å². The van der Waals surface area contributed by atoms with Crippen molar-refractivity contribution in [1.29, 1.82) is 0 Å². The number of rotatable bonds is 9. The maximum absolute atomic E-state index is 13.8. The number of ketones is 1. The number of nitrogens with zero attached hydrogens (tertiary/aromatic N) is 1. The van der Waals surface area contributed by atoms with Crippen LogP contribution in [0.4, 0.5) is 4.39 Å². The van der Waals surface area contributed by atoms with Gasteiger partial charge in [0.2, 0.25) is 15.9 Å². The third-order valence-electron chi connectivity index (χ3n) is 4.60. The van der Waals surface area contributed by atoms with E-state index >= 15 is 0 Å². The molecule has 0 radical (unpaired) electrons. The molecule has 0 unspecified atom stereocenters. The maximum atomic E-state index is 13.8. The van der Waals surface area contributed by atoms with E-state index in [0.717, 1.165) is 0 Å². The minimum atomic E-state index is -3.71. The smallest absolute Gasteiger partial charge is 0.242 e. The Balaban J connectivity index is 1.88. The third-order valence-corrected chi connectivity index (χ3v) is 6.47. The first-order valence-electron chi connectivity index (χ1n) is 9.24. The number of Topliss-reactive ketones (excluding diaryl/α,β-unsaturated/α-hetero) is 1. The molecule has 2 rings (SSSR count). The Morgan fingerprint density at radius 2 is 1.72 bits per heavy atom. The lowest BCUT2D eigenvalue weighted by Gasteiger charge is -2.18. The van der Waals surface area contributed by atoms with Crippen LogP contribution in [0.5, 0.6) is 0 Å². The van der Waals surface area contributed by atoms with Gasteiger partial charge in [0.05, 0.1) is 10.9 Å². The molecule has 0 aliphatic rings. The Morgan fingerprint density at radius 3 is 2.31 bits per heavy atom. The third kappa shape index (κ3) is 5.95. The molecule has 0 spiro atoms. The van der Waals surface area contributed by atoms with Crippen LogP contribution < -0.4 is 5.32 Å². The molecular formula is C21H25FN2O4S. The molecule has 0 saturated carbocycles. The summed E-state index contributed by atoms with van der Waals surface area (Å²) >= 11 is 0. The van der Waals surface area contributed by atoms with E-state index in [1.165, 1.54) is 48.6 Å². The van der Waals surface area contributed by atoms with Gasteiger partial charge in [-0.15, -0.1) is 0 Å². The number of hydrogen-bond acceptors (Lipinski definition) is 4. The molecule has 8 heteroatoms. The molecular weight excluding hydrogens is 395 g/mol. The van der Waals surface area contributed by atoms with Crippen LogP contribution in [-0.4, -0.2) is 38.0 Å². The SMILES string of the molecule is CC(=O)c1ccc(S(=O)(=O)N(C)CCCC(=O)N[C@@H](C)c2ccccc2F)cc1. The molecule has 0 aromatic heterocycles. The number of nitrogens with one attached hydrogen (secondary N) is 1. The van der Waals surface area contributed by atoms with E-state index in [1.807, 2.05) is 0 Å². The first kappa shape index (κ1) is 22.7. The van der Waals surface area contributed by atoms with Gasteiger partial charge in [0.15, 0.2) is 5.78 Å². The molecule has 2 aromatic carbocycles. The van der Waals surface area contributed by atoms with Crippen LogP contribution in [0.3, 0.4) is 0 Å². The van der Waals surface area contributed by atoms with Crippen molar-refractivity contribution in [1.82, 2.24) is 9.62 Å². The summed E-state index contributed by atoms with van der Waals surface area (Å²) in [7, 11) is -2.27. The van der Waals surface area contributed by atoms with Crippen molar-refractivity contribution in [2.75, 3.05) is 13.6 Å². The minimum Gasteiger partial charge on any atom is -0.349 e. The van der Waals surface area contributed by atoms with Crippen molar-refractivity contribution in [2.45, 2.75) is 37.6 Å². The summed E-state index contributed by atoms with van der Waals surface area (Å²) in [5.74, 6) is -0.808. The number of halogens is 1. The highest BCUT2D eigenvalue weighted by molar-refractivity contribution is 7.89. The number of sulfonamides is 1. The van der Waals surface area contributed by atoms with Crippen molar-refractivity contribution in [3.63, 3.8) is 0 Å². The molecule has 0 bridgehead atoms. The average molecular weight is 421 g/mol. The Morgan fingerprint density at radius 1 is 1.10 bits per heavy atom. The van der Waals surface area contributed by atoms with E-state index in [4.69, 9.17) is 0 Å². The summed E-state index contributed by atoms with van der Waals surface area (Å²) in [6.45, 7) is 3.25. The van der Waals surface area contributed by atoms with E-state index in [2.05, 4.69) is 5.32 Å². The number of hydrogen-bond donors (Lipinski definition) is 1. The van der Waals surface area contributed by atoms with Crippen LogP contribution >= 0.6 is 0 Å². The highest BCUT2D eigenvalue weighted by Gasteiger charge is 2.21. The molecule has 0 fully saturated rings. The molecule has 6 nitrogen and oxygen atoms in total. The fraction of sp³-hybridized carbons (Fsp3) is 0.333. The van der Waals surface area contributed by atoms with Gasteiger partial charge >= 0.3 is 0 Å². The second-order valence-corrected chi connectivity index (χ2v) is 8.87. The van der Waals surface area contributed by atoms with Crippen LogP contribution in [0.25, 0.3) is 0 Å². The van der Waals surface area contributed by atoms with Crippen LogP contribution in [0.1, 0.15) is 48.7 Å². The first-order valence-corrected chi connectivity index (χ1v) is 10.7. The summed E-state index contributed by atoms with van der Waals surface area (Å²) in [4.78, 5) is 23.5. The van der Waals surface area contributed by atoms with Crippen molar-refractivity contribution in [2.24, 2.45) is 0 Å². The van der Waals surface area contributed by atoms with Crippen LogP contribution in [0.2, 0.25) is 0 Å². The van der Waals surface area contributed by atoms with E-state index in [0.29, 0.717) is 17.5 Å². The molecule has 0 saturated heterocycles. The normalized spacial score (nSPS) is 12.6. The second-order valence-electron chi connectivity index (χ2n) is 6.82. The van der Waals surface area contributed by atoms with Gasteiger partial charge in [-0.3, -0.25) is 9.59 Å². The minimum absolute atomic E-state index is 0.0858. The fourth-order valence-electron chi connectivity index (χ4n) is 2.84. The zero-order valence-electron chi connectivity index (χ0n) is 16.7. The summed E-state index contributed by atoms with van der Waals surface area (Å²) in [6, 6.07) is 11.5. The van der Waals surface area contributed by atoms with Crippen molar-refractivity contribution >= 4 is 21.7 Å². The number of carbonyl (C=O) groups excluding carboxylic acids is 2. The van der Waals surface area contributed by atoms with E-state index in [9.17, 15) is 22.4 Å². The van der Waals surface area contributed by atoms with E-state index < -0.39 is 16.1 Å². The molecule has 0 aliphatic heterocycles. The summed E-state index contributed by atoms with van der Waals surface area (Å²) in [6.07, 6.45) is 0.430. The predicted octanol–water partition coefficient (Wildman–Crippen LogP) is 3.31. The molecule has 29 heavy (non-hydrogen) atoms. The number of benzene rings is 2. The van der Waals surface area contributed by atoms with Crippen LogP contribution in [-0.2, 0) is 14.8 Å². The van der Waals surface area contributed by atoms with Crippen LogP contribution in [0, 0.1) is 5.82 Å². The molecule has 156 valence electrons. The average Bonchev–Trinajstić information content (AvgIpc) is 2.68. The lowest BCUT2D eigenvalue weighted by atomic mass is 10.1. The monoisotopic (exact) mass is 420 g/mol. The second kappa shape index (κ2) is 9.76. The van der Waals surface area contributed by atoms with E-state index in [-0.39, 0.29) is 35.4 Å². The van der Waals surface area contributed by atoms with Crippen molar-refractivity contribution in [3.8, 4) is 0 Å². The summed E-state index contributed by atoms with van der Waals surface area (Å²) in [5.41, 5.74) is 0.835. The lowest BCUT2D eigenvalue weighted by Crippen LogP contribution is -2.30. The molecule has 0 aliphatic carbocycles. The van der Waals surface area contributed by atoms with Gasteiger partial charge in [0.25, 0.3) is 0 Å². The summed E-state index contributed by atoms with van der Waals surface area (Å²) < 4.78 is 40.1. The highest BCUT2D eigenvalue weighted by Crippen LogP contribution is 2.18. The van der Waals surface area contributed by atoms with Gasteiger partial charge in [-0.05, 0) is 38.5 Å². The number of amides is 1. The quantitative estimate of drug-likeness (QED) is 0.631. The van der Waals surface area contributed by atoms with E-state index in [1.54, 1.807) is 25.1 Å². The Bertz CT molecular complexity index is 974. The van der Waals surface area contributed by atoms with Gasteiger partial charge in [-0.25, -0.2) is 17.1 Å². The van der Waals surface area contributed by atoms with Crippen LogP contribution in [0.15, 0.2) is 53.4 Å². The standard InChI is InChI=1S/C21H25FN2O4S/c1-15(19-7-4-5-8-20(19)22)23-21(26)9-6-14-24(3)29(27,28)18-12-10-17(11-13-18)16(2)25/h4-5,7-8,10-13,15H,6,9,14H2,1-3H3,(H,23,26)/t15-/m0/s1. The number of carbonyl (C=O) groups is 2. The molecule has 1 amide bonds. The summed E-state index contributed by atoms with van der Waals surface area (Å²) in [5, 5.41) is 2.72. The van der Waals surface area contributed by atoms with Gasteiger partial charge in [-0.2, -0.15) is 0 Å². The lowest BCUT2D eigenvalue weighted by molar-refractivity contribution is -0.121. The Hall–Kier alpha value is -2.58. The Labute approximate surface area is 170 Å². The molecule has 1 N–H and O–H groups in total. The fourth-order valence-corrected chi connectivity index (χ4v) is 4.05. The largest absolute Gasteiger partial charge is 0.349 e. The molecule has 0 heterocycles. The Kier molecular flexibility index (Phi) is 7.64. The molecule has 1 atom stereocenters. The zero-order valence-corrected chi connectivity index (χ0v) is 17.5. The van der Waals surface area contributed by atoms with Crippen molar-refractivity contribution < 1.29 is 22.4 Å². The van der Waals surface area contributed by atoms with Crippen molar-refractivity contribution in [3.05, 3.63) is 65.5 Å². The van der Waals surface area contributed by atoms with Gasteiger partial charge in [-0.1, -0.05) is 30.3 Å². The van der Waals surface area contributed by atoms with Gasteiger partial charge in [0.1, 0.15) is 5.82 Å². The van der Waals surface area contributed by atoms with Gasteiger partial charge < -0.3 is 5.32 Å². The van der Waals surface area contributed by atoms with Gasteiger partial charge in [0, 0.05) is 31.1 Å². The predicted molar refractivity (Wildman–Crippen MR) is 108 cm³/mol. The molecule has 2 aromatic rings. The highest BCUT2D eigenvalue weighted by atomic mass is 32.2. The maximum Gasteiger partial charge on any atom is 0.242 e. The zero-order chi connectivity index (χ0) is 21.6. The first-order chi connectivity index (χ1) is 13.6.